The first-order chi connectivity index (χ1) is 32.3. The number of rotatable bonds is 30. The van der Waals surface area contributed by atoms with Gasteiger partial charge in [-0.1, -0.05) is 48.0 Å². The predicted octanol–water partition coefficient (Wildman–Crippen LogP) is -4.60. The van der Waals surface area contributed by atoms with Gasteiger partial charge in [0, 0.05) is 6.54 Å². The lowest BCUT2D eigenvalue weighted by Crippen LogP contribution is -2.62. The van der Waals surface area contributed by atoms with Crippen molar-refractivity contribution in [3.8, 4) is 0 Å². The van der Waals surface area contributed by atoms with Crippen molar-refractivity contribution in [2.24, 2.45) is 39.9 Å². The third kappa shape index (κ3) is 24.5. The molecule has 0 heterocycles. The summed E-state index contributed by atoms with van der Waals surface area (Å²) in [5.41, 5.74) is 15.1. The molecule has 394 valence electrons. The monoisotopic (exact) mass is 990 g/mol. The van der Waals surface area contributed by atoms with Crippen molar-refractivity contribution >= 4 is 65.3 Å². The Labute approximate surface area is 402 Å². The van der Waals surface area contributed by atoms with E-state index in [4.69, 9.17) is 28.5 Å². The van der Waals surface area contributed by atoms with Gasteiger partial charge in [0.1, 0.15) is 47.9 Å². The molecule has 0 radical (unpaired) electrons. The Morgan fingerprint density at radius 1 is 0.696 bits per heavy atom. The number of ether oxygens (including phenoxy) is 1. The lowest BCUT2D eigenvalue weighted by Gasteiger charge is -2.31. The fourth-order valence-electron chi connectivity index (χ4n) is 6.05. The van der Waals surface area contributed by atoms with Crippen molar-refractivity contribution in [3.05, 3.63) is 0 Å². The Morgan fingerprint density at radius 3 is 1.72 bits per heavy atom. The average molecular weight is 990 g/mol. The molecule has 0 aliphatic carbocycles. The van der Waals surface area contributed by atoms with Gasteiger partial charge in [0.2, 0.25) is 47.3 Å². The molecule has 27 heteroatoms. The zero-order valence-electron chi connectivity index (χ0n) is 42.0. The number of amides is 9. The summed E-state index contributed by atoms with van der Waals surface area (Å²) >= 11 is 0. The predicted molar refractivity (Wildman–Crippen MR) is 248 cm³/mol. The highest BCUT2D eigenvalue weighted by Crippen LogP contribution is 2.14. The maximum Gasteiger partial charge on any atom is 0.408 e. The molecule has 0 spiro atoms. The number of primary amides is 1. The first-order valence-electron chi connectivity index (χ1n) is 22.9. The Bertz CT molecular complexity index is 1840. The highest BCUT2D eigenvalue weighted by molar-refractivity contribution is 5.98. The summed E-state index contributed by atoms with van der Waals surface area (Å²) in [6, 6.07) is -11.6. The molecule has 0 bridgehead atoms. The van der Waals surface area contributed by atoms with E-state index in [1.807, 2.05) is 5.32 Å². The second kappa shape index (κ2) is 30.2. The number of aliphatic imine (C=N–C) groups is 1. The van der Waals surface area contributed by atoms with Gasteiger partial charge in [0.25, 0.3) is 0 Å². The molecule has 0 aromatic heterocycles. The van der Waals surface area contributed by atoms with Crippen LogP contribution in [0.2, 0.25) is 1.41 Å². The first kappa shape index (κ1) is 60.7. The van der Waals surface area contributed by atoms with Crippen molar-refractivity contribution in [2.75, 3.05) is 19.7 Å². The Kier molecular flexibility index (Phi) is 26.6. The van der Waals surface area contributed by atoms with Crippen molar-refractivity contribution < 1.29 is 74.5 Å². The number of nitrogens with two attached hydrogens (primary N) is 3. The minimum Gasteiger partial charge on any atom is -0.480 e. The number of guanidine groups is 1. The van der Waals surface area contributed by atoms with Crippen molar-refractivity contribution in [1.29, 1.82) is 0 Å². The average Bonchev–Trinajstić information content (AvgIpc) is 3.24. The summed E-state index contributed by atoms with van der Waals surface area (Å²) in [5, 5.41) is 56.1. The number of aliphatic carboxylic acids is 1. The zero-order valence-corrected chi connectivity index (χ0v) is 41.0. The number of carboxylic acid groups (broad SMARTS) is 1. The van der Waals surface area contributed by atoms with Gasteiger partial charge in [0.15, 0.2) is 7.37 Å². The van der Waals surface area contributed by atoms with Gasteiger partial charge in [-0.05, 0) is 64.7 Å². The first-order valence-corrected chi connectivity index (χ1v) is 22.4. The molecule has 9 amide bonds. The molecule has 0 unspecified atom stereocenters. The molecular formula is C42H76N12O15. The second-order valence-electron chi connectivity index (χ2n) is 18.2. The van der Waals surface area contributed by atoms with Crippen molar-refractivity contribution in [1.82, 2.24) is 42.5 Å². The molecule has 0 aromatic rings. The SMILES string of the molecule is [2H]N(C(=O)[C@@H](NC(=O)OC(C)(C)C)[C@H](O)C(C)C)[C@@H](CC(C)C)C(=O)N[C@@H](CCCN=C(N)N)C(=O)N[C@H](C(=O)N[C@H](C(=O)NCC(=O)N[C@@H](CC(N)=O)C(=O)N[C@@H](CO)C(=O)O)[C@H](C)O)[C@@H](C)CC. The van der Waals surface area contributed by atoms with Gasteiger partial charge < -0.3 is 84.9 Å². The number of hydrogen-bond acceptors (Lipinski definition) is 15. The molecule has 0 saturated heterocycles. The van der Waals surface area contributed by atoms with E-state index in [1.54, 1.807) is 62.3 Å². The van der Waals surface area contributed by atoms with E-state index in [1.165, 1.54) is 0 Å². The van der Waals surface area contributed by atoms with Crippen LogP contribution in [0.25, 0.3) is 0 Å². The van der Waals surface area contributed by atoms with Crippen LogP contribution in [0.3, 0.4) is 0 Å². The topological polar surface area (TPSA) is 448 Å². The van der Waals surface area contributed by atoms with E-state index in [-0.39, 0.29) is 44.1 Å². The number of carboxylic acids is 1. The molecule has 27 nitrogen and oxygen atoms in total. The molecule has 0 aliphatic rings. The summed E-state index contributed by atoms with van der Waals surface area (Å²) in [5.74, 6) is -12.1. The number of alkyl carbamates (subject to hydrolysis) is 1. The molecule has 18 N–H and O–H groups in total. The van der Waals surface area contributed by atoms with Gasteiger partial charge in [-0.25, -0.2) is 9.59 Å². The van der Waals surface area contributed by atoms with Crippen LogP contribution in [0.5, 0.6) is 0 Å². The number of nitrogens with one attached hydrogen (secondary N) is 8. The highest BCUT2D eigenvalue weighted by Gasteiger charge is 2.38. The Balaban J connectivity index is 6.63. The molecule has 0 saturated carbocycles. The standard InChI is InChI=1S/C42H76N12O15/c1-11-21(6)29(37(64)53-30(22(7)56)36(63)47-17-28(58)48-25(16-27(43)57)35(62)51-26(18-55)39(66)67)52-33(60)23(13-12-14-46-40(44)45)49-34(61)24(15-19(2)3)50-38(65)31(32(59)20(4)5)54-41(68)69-42(8,9)10/h19-26,29-32,55-56,59H,11-18H2,1-10H3,(H2,43,57)(H,47,63)(H,48,58)(H,49,61)(H,50,65)(H,51,62)(H,52,60)(H,53,64)(H,54,68)(H,66,67)(H4,44,45,46)/t21-,22-,23-,24-,25-,26-,29-,30-,31-,32+/m0/s1/i/hD. The number of aliphatic hydroxyl groups excluding tert-OH is 3. The number of carbonyl (C=O) groups is 10. The number of aliphatic hydroxyl groups is 3. The fraction of sp³-hybridized carbons (Fsp3) is 0.738. The number of hydrogen-bond donors (Lipinski definition) is 15. The maximum atomic E-state index is 14.2. The summed E-state index contributed by atoms with van der Waals surface area (Å²) in [7, 11) is 0. The van der Waals surface area contributed by atoms with Gasteiger partial charge in [-0.15, -0.1) is 0 Å². The summed E-state index contributed by atoms with van der Waals surface area (Å²) < 4.78 is 14.1. The van der Waals surface area contributed by atoms with Crippen LogP contribution in [0.1, 0.15) is 101 Å². The van der Waals surface area contributed by atoms with Crippen molar-refractivity contribution in [2.45, 2.75) is 161 Å². The Morgan fingerprint density at radius 2 is 1.25 bits per heavy atom. The van der Waals surface area contributed by atoms with Crippen LogP contribution in [0.4, 0.5) is 4.79 Å². The summed E-state index contributed by atoms with van der Waals surface area (Å²) in [6.45, 7) is 13.7. The van der Waals surface area contributed by atoms with E-state index >= 15 is 0 Å². The number of nitrogens with zero attached hydrogens (tertiary/aromatic N) is 1. The van der Waals surface area contributed by atoms with E-state index in [9.17, 15) is 63.3 Å². The van der Waals surface area contributed by atoms with Crippen molar-refractivity contribution in [3.63, 3.8) is 0 Å². The van der Waals surface area contributed by atoms with Crippen LogP contribution in [0, 0.1) is 17.8 Å². The number of carbonyl (C=O) groups excluding carboxylic acids is 9. The lowest BCUT2D eigenvalue weighted by molar-refractivity contribution is -0.143. The van der Waals surface area contributed by atoms with E-state index < -0.39 is 151 Å². The van der Waals surface area contributed by atoms with E-state index in [0.717, 1.165) is 6.92 Å². The quantitative estimate of drug-likeness (QED) is 0.0183. The second-order valence-corrected chi connectivity index (χ2v) is 18.2. The minimum absolute atomic E-state index is 0.0159. The zero-order chi connectivity index (χ0) is 54.4. The van der Waals surface area contributed by atoms with Crippen LogP contribution in [-0.2, 0) is 47.9 Å². The van der Waals surface area contributed by atoms with E-state index in [0.29, 0.717) is 5.31 Å². The third-order valence-corrected chi connectivity index (χ3v) is 9.95. The largest absolute Gasteiger partial charge is 0.480 e. The maximum absolute atomic E-state index is 14.2. The summed E-state index contributed by atoms with van der Waals surface area (Å²) in [6.07, 6.45) is -5.00. The van der Waals surface area contributed by atoms with Gasteiger partial charge >= 0.3 is 12.1 Å². The van der Waals surface area contributed by atoms with Gasteiger partial charge in [0.05, 0.1) is 31.8 Å². The molecule has 69 heavy (non-hydrogen) atoms. The molecular weight excluding hydrogens is 913 g/mol. The lowest BCUT2D eigenvalue weighted by atomic mass is 9.96. The summed E-state index contributed by atoms with van der Waals surface area (Å²) in [4.78, 5) is 134. The molecule has 0 rings (SSSR count). The smallest absolute Gasteiger partial charge is 0.408 e. The van der Waals surface area contributed by atoms with Gasteiger partial charge in [-0.2, -0.15) is 0 Å². The van der Waals surface area contributed by atoms with Crippen LogP contribution >= 0.6 is 0 Å². The normalized spacial score (nSPS) is 15.9. The van der Waals surface area contributed by atoms with Gasteiger partial charge in [-0.3, -0.25) is 43.3 Å². The molecule has 0 aromatic carbocycles. The Hall–Kier alpha value is -6.35. The van der Waals surface area contributed by atoms with E-state index in [2.05, 4.69) is 36.9 Å². The minimum atomic E-state index is -1.79. The third-order valence-electron chi connectivity index (χ3n) is 9.95. The van der Waals surface area contributed by atoms with Crippen LogP contribution < -0.4 is 59.7 Å². The van der Waals surface area contributed by atoms with Crippen LogP contribution in [0.15, 0.2) is 4.99 Å². The van der Waals surface area contributed by atoms with Crippen LogP contribution in [-0.4, -0.2) is 166 Å². The molecule has 0 aliphatic heterocycles. The fourth-order valence-corrected chi connectivity index (χ4v) is 6.05. The molecule has 0 fully saturated rings. The highest BCUT2D eigenvalue weighted by atomic mass is 16.6. The molecule has 10 atom stereocenters.